The van der Waals surface area contributed by atoms with Crippen molar-refractivity contribution in [2.75, 3.05) is 7.11 Å². The van der Waals surface area contributed by atoms with Gasteiger partial charge in [-0.05, 0) is 18.2 Å². The van der Waals surface area contributed by atoms with Crippen molar-refractivity contribution in [3.63, 3.8) is 0 Å². The van der Waals surface area contributed by atoms with Crippen LogP contribution in [0.2, 0.25) is 10.0 Å². The highest BCUT2D eigenvalue weighted by atomic mass is 35.5. The molecule has 0 saturated carbocycles. The molecule has 98 valence electrons. The average Bonchev–Trinajstić information content (AvgIpc) is 2.80. The summed E-state index contributed by atoms with van der Waals surface area (Å²) in [4.78, 5) is 22.6. The van der Waals surface area contributed by atoms with Gasteiger partial charge in [0.1, 0.15) is 11.3 Å². The topological polar surface area (TPSA) is 61.2 Å². The number of esters is 1. The maximum absolute atomic E-state index is 11.5. The van der Waals surface area contributed by atoms with E-state index in [2.05, 4.69) is 9.84 Å². The third kappa shape index (κ3) is 2.62. The number of carbonyl (C=O) groups excluding carboxylic acids is 2. The Bertz CT molecular complexity index is 632. The number of hydrogen-bond donors (Lipinski definition) is 0. The number of nitrogens with zero attached hydrogens (tertiary/aromatic N) is 2. The van der Waals surface area contributed by atoms with Gasteiger partial charge in [-0.25, -0.2) is 9.48 Å². The van der Waals surface area contributed by atoms with Crippen molar-refractivity contribution < 1.29 is 14.3 Å². The molecule has 1 aromatic heterocycles. The molecule has 0 unspecified atom stereocenters. The van der Waals surface area contributed by atoms with Crippen molar-refractivity contribution in [2.45, 2.75) is 0 Å². The Balaban J connectivity index is 2.59. The lowest BCUT2D eigenvalue weighted by Crippen LogP contribution is -2.07. The number of methoxy groups -OCH3 is 1. The molecule has 2 aromatic rings. The second kappa shape index (κ2) is 5.42. The molecule has 1 aromatic carbocycles. The van der Waals surface area contributed by atoms with Gasteiger partial charge in [-0.3, -0.25) is 4.79 Å². The van der Waals surface area contributed by atoms with Crippen molar-refractivity contribution in [1.82, 2.24) is 9.78 Å². The summed E-state index contributed by atoms with van der Waals surface area (Å²) in [5, 5.41) is 4.77. The van der Waals surface area contributed by atoms with Crippen molar-refractivity contribution in [2.24, 2.45) is 0 Å². The van der Waals surface area contributed by atoms with E-state index in [0.29, 0.717) is 22.0 Å². The molecule has 0 saturated heterocycles. The molecule has 7 heteroatoms. The number of carbonyl (C=O) groups is 2. The normalized spacial score (nSPS) is 10.3. The van der Waals surface area contributed by atoms with Gasteiger partial charge >= 0.3 is 5.97 Å². The first-order chi connectivity index (χ1) is 9.06. The smallest absolute Gasteiger partial charge is 0.341 e. The summed E-state index contributed by atoms with van der Waals surface area (Å²) in [6.07, 6.45) is 1.78. The lowest BCUT2D eigenvalue weighted by molar-refractivity contribution is 0.0598. The number of rotatable bonds is 3. The maximum atomic E-state index is 11.5. The minimum Gasteiger partial charge on any atom is -0.465 e. The van der Waals surface area contributed by atoms with Crippen LogP contribution >= 0.6 is 23.2 Å². The summed E-state index contributed by atoms with van der Waals surface area (Å²) in [5.41, 5.74) is 0.633. The van der Waals surface area contributed by atoms with Gasteiger partial charge in [-0.1, -0.05) is 23.2 Å². The highest BCUT2D eigenvalue weighted by molar-refractivity contribution is 6.34. The van der Waals surface area contributed by atoms with Gasteiger partial charge in [-0.15, -0.1) is 0 Å². The lowest BCUT2D eigenvalue weighted by atomic mass is 10.2. The Labute approximate surface area is 118 Å². The molecule has 2 rings (SSSR count). The molecule has 0 amide bonds. The van der Waals surface area contributed by atoms with Crippen LogP contribution in [0.1, 0.15) is 20.8 Å². The van der Waals surface area contributed by atoms with Crippen LogP contribution in [-0.2, 0) is 4.74 Å². The molecular weight excluding hydrogens is 291 g/mol. The van der Waals surface area contributed by atoms with Crippen LogP contribution in [0.5, 0.6) is 0 Å². The quantitative estimate of drug-likeness (QED) is 0.646. The largest absolute Gasteiger partial charge is 0.465 e. The van der Waals surface area contributed by atoms with Crippen LogP contribution < -0.4 is 0 Å². The minimum atomic E-state index is -0.638. The fourth-order valence-electron chi connectivity index (χ4n) is 1.61. The minimum absolute atomic E-state index is 0.0742. The molecule has 5 nitrogen and oxygen atoms in total. The van der Waals surface area contributed by atoms with Crippen molar-refractivity contribution in [1.29, 1.82) is 0 Å². The molecule has 0 aliphatic carbocycles. The number of aldehydes is 1. The molecule has 0 fully saturated rings. The van der Waals surface area contributed by atoms with E-state index in [-0.39, 0.29) is 11.3 Å². The maximum Gasteiger partial charge on any atom is 0.341 e. The second-order valence-electron chi connectivity index (χ2n) is 3.59. The van der Waals surface area contributed by atoms with Crippen LogP contribution in [0.15, 0.2) is 24.4 Å². The standard InChI is InChI=1S/C12H8Cl2N2O3/c1-19-12(18)10-5-15-16(11(10)6-17)9-3-7(13)2-8(14)4-9/h2-6H,1H3. The zero-order chi connectivity index (χ0) is 14.0. The Morgan fingerprint density at radius 3 is 2.47 bits per heavy atom. The van der Waals surface area contributed by atoms with E-state index in [1.54, 1.807) is 18.2 Å². The highest BCUT2D eigenvalue weighted by Gasteiger charge is 2.18. The zero-order valence-corrected chi connectivity index (χ0v) is 11.3. The number of hydrogen-bond acceptors (Lipinski definition) is 4. The molecule has 0 bridgehead atoms. The number of halogens is 2. The van der Waals surface area contributed by atoms with Crippen molar-refractivity contribution in [3.05, 3.63) is 45.7 Å². The van der Waals surface area contributed by atoms with Gasteiger partial charge in [0.15, 0.2) is 6.29 Å². The van der Waals surface area contributed by atoms with Crippen LogP contribution in [0, 0.1) is 0 Å². The molecule has 0 aliphatic heterocycles. The average molecular weight is 299 g/mol. The van der Waals surface area contributed by atoms with E-state index in [0.717, 1.165) is 0 Å². The van der Waals surface area contributed by atoms with E-state index < -0.39 is 5.97 Å². The highest BCUT2D eigenvalue weighted by Crippen LogP contribution is 2.23. The number of ether oxygens (including phenoxy) is 1. The molecule has 0 spiro atoms. The van der Waals surface area contributed by atoms with Crippen LogP contribution in [0.4, 0.5) is 0 Å². The van der Waals surface area contributed by atoms with Crippen molar-refractivity contribution >= 4 is 35.5 Å². The third-order valence-corrected chi connectivity index (χ3v) is 2.85. The summed E-state index contributed by atoms with van der Waals surface area (Å²) < 4.78 is 5.85. The molecular formula is C12H8Cl2N2O3. The van der Waals surface area contributed by atoms with E-state index in [1.807, 2.05) is 0 Å². The van der Waals surface area contributed by atoms with Crippen LogP contribution in [0.3, 0.4) is 0 Å². The molecule has 0 radical (unpaired) electrons. The predicted octanol–water partition coefficient (Wildman–Crippen LogP) is 2.78. The van der Waals surface area contributed by atoms with E-state index in [4.69, 9.17) is 23.2 Å². The summed E-state index contributed by atoms with van der Waals surface area (Å²) in [6, 6.07) is 4.71. The van der Waals surface area contributed by atoms with Gasteiger partial charge < -0.3 is 4.74 Å². The first-order valence-corrected chi connectivity index (χ1v) is 5.90. The summed E-state index contributed by atoms with van der Waals surface area (Å²) in [5.74, 6) is -0.638. The SMILES string of the molecule is COC(=O)c1cnn(-c2cc(Cl)cc(Cl)c2)c1C=O. The third-order valence-electron chi connectivity index (χ3n) is 2.42. The monoisotopic (exact) mass is 298 g/mol. The van der Waals surface area contributed by atoms with Gasteiger partial charge in [0.2, 0.25) is 0 Å². The fraction of sp³-hybridized carbons (Fsp3) is 0.0833. The van der Waals surface area contributed by atoms with E-state index >= 15 is 0 Å². The summed E-state index contributed by atoms with van der Waals surface area (Å²) in [6.45, 7) is 0. The second-order valence-corrected chi connectivity index (χ2v) is 4.47. The van der Waals surface area contributed by atoms with Gasteiger partial charge in [-0.2, -0.15) is 5.10 Å². The Morgan fingerprint density at radius 2 is 1.95 bits per heavy atom. The zero-order valence-electron chi connectivity index (χ0n) is 9.76. The summed E-state index contributed by atoms with van der Waals surface area (Å²) in [7, 11) is 1.23. The number of benzene rings is 1. The van der Waals surface area contributed by atoms with Gasteiger partial charge in [0, 0.05) is 10.0 Å². The van der Waals surface area contributed by atoms with E-state index in [9.17, 15) is 9.59 Å². The molecule has 0 atom stereocenters. The molecule has 0 aliphatic rings. The van der Waals surface area contributed by atoms with Gasteiger partial charge in [0.25, 0.3) is 0 Å². The molecule has 0 N–H and O–H groups in total. The van der Waals surface area contributed by atoms with Crippen LogP contribution in [0.25, 0.3) is 5.69 Å². The predicted molar refractivity (Wildman–Crippen MR) is 70.3 cm³/mol. The Kier molecular flexibility index (Phi) is 3.87. The molecule has 1 heterocycles. The number of aromatic nitrogens is 2. The Hall–Kier alpha value is -1.85. The lowest BCUT2D eigenvalue weighted by Gasteiger charge is -2.05. The first kappa shape index (κ1) is 13.6. The fourth-order valence-corrected chi connectivity index (χ4v) is 2.12. The van der Waals surface area contributed by atoms with E-state index in [1.165, 1.54) is 18.0 Å². The van der Waals surface area contributed by atoms with Crippen LogP contribution in [-0.4, -0.2) is 29.1 Å². The summed E-state index contributed by atoms with van der Waals surface area (Å²) >= 11 is 11.8. The van der Waals surface area contributed by atoms with Gasteiger partial charge in [0.05, 0.1) is 19.0 Å². The first-order valence-electron chi connectivity index (χ1n) is 5.14. The Morgan fingerprint density at radius 1 is 1.32 bits per heavy atom. The molecule has 19 heavy (non-hydrogen) atoms. The van der Waals surface area contributed by atoms with Crippen molar-refractivity contribution in [3.8, 4) is 5.69 Å².